The van der Waals surface area contributed by atoms with E-state index >= 15 is 0 Å². The molecule has 0 saturated heterocycles. The van der Waals surface area contributed by atoms with Crippen molar-refractivity contribution >= 4 is 21.5 Å². The molecule has 0 atom stereocenters. The summed E-state index contributed by atoms with van der Waals surface area (Å²) in [6, 6.07) is 7.95. The Kier molecular flexibility index (Phi) is 5.32. The third-order valence-electron chi connectivity index (χ3n) is 2.99. The summed E-state index contributed by atoms with van der Waals surface area (Å²) >= 11 is 0. The molecular formula is C15H18FN3O2S. The van der Waals surface area contributed by atoms with Crippen LogP contribution in [0.1, 0.15) is 19.8 Å². The number of nitrogens with zero attached hydrogens (tertiary/aromatic N) is 1. The molecule has 0 amide bonds. The Morgan fingerprint density at radius 2 is 1.86 bits per heavy atom. The second-order valence-electron chi connectivity index (χ2n) is 4.77. The molecule has 2 N–H and O–H groups in total. The van der Waals surface area contributed by atoms with Crippen LogP contribution in [-0.4, -0.2) is 19.9 Å². The lowest BCUT2D eigenvalue weighted by Gasteiger charge is -2.09. The van der Waals surface area contributed by atoms with Gasteiger partial charge < -0.3 is 5.32 Å². The summed E-state index contributed by atoms with van der Waals surface area (Å²) in [6.07, 6.45) is 3.72. The van der Waals surface area contributed by atoms with Crippen LogP contribution < -0.4 is 10.0 Å². The average Bonchev–Trinajstić information content (AvgIpc) is 2.49. The van der Waals surface area contributed by atoms with Gasteiger partial charge in [-0.25, -0.2) is 17.8 Å². The minimum absolute atomic E-state index is 0.0131. The van der Waals surface area contributed by atoms with Gasteiger partial charge in [-0.15, -0.1) is 0 Å². The Morgan fingerprint density at radius 3 is 2.45 bits per heavy atom. The van der Waals surface area contributed by atoms with Gasteiger partial charge in [0.1, 0.15) is 11.6 Å². The van der Waals surface area contributed by atoms with Crippen LogP contribution in [0.2, 0.25) is 0 Å². The van der Waals surface area contributed by atoms with Crippen LogP contribution in [0.15, 0.2) is 47.5 Å². The number of nitrogens with one attached hydrogen (secondary N) is 2. The highest BCUT2D eigenvalue weighted by Crippen LogP contribution is 2.16. The summed E-state index contributed by atoms with van der Waals surface area (Å²) in [4.78, 5) is 4.05. The number of aromatic nitrogens is 1. The monoisotopic (exact) mass is 323 g/mol. The van der Waals surface area contributed by atoms with Crippen molar-refractivity contribution in [2.24, 2.45) is 0 Å². The Morgan fingerprint density at radius 1 is 1.14 bits per heavy atom. The molecule has 0 fully saturated rings. The van der Waals surface area contributed by atoms with Crippen LogP contribution in [0.3, 0.4) is 0 Å². The molecule has 0 bridgehead atoms. The molecule has 0 aliphatic heterocycles. The molecule has 1 aromatic heterocycles. The topological polar surface area (TPSA) is 71.1 Å². The van der Waals surface area contributed by atoms with Gasteiger partial charge in [0.2, 0.25) is 0 Å². The molecule has 0 aliphatic rings. The molecule has 0 unspecified atom stereocenters. The van der Waals surface area contributed by atoms with Crippen LogP contribution in [0.5, 0.6) is 0 Å². The molecule has 0 radical (unpaired) electrons. The van der Waals surface area contributed by atoms with Crippen molar-refractivity contribution in [1.29, 1.82) is 0 Å². The minimum Gasteiger partial charge on any atom is -0.384 e. The normalized spacial score (nSPS) is 11.2. The zero-order valence-electron chi connectivity index (χ0n) is 12.2. The highest BCUT2D eigenvalue weighted by atomic mass is 32.2. The number of sulfonamides is 1. The van der Waals surface area contributed by atoms with Crippen molar-refractivity contribution in [3.8, 4) is 0 Å². The number of anilines is 2. The van der Waals surface area contributed by atoms with Gasteiger partial charge in [-0.3, -0.25) is 4.72 Å². The van der Waals surface area contributed by atoms with Gasteiger partial charge in [-0.2, -0.15) is 0 Å². The lowest BCUT2D eigenvalue weighted by molar-refractivity contribution is 0.599. The molecule has 5 nitrogen and oxygen atoms in total. The predicted octanol–water partition coefficient (Wildman–Crippen LogP) is 3.23. The molecule has 0 aliphatic carbocycles. The van der Waals surface area contributed by atoms with E-state index in [1.54, 1.807) is 18.3 Å². The molecular weight excluding hydrogens is 305 g/mol. The molecule has 1 heterocycles. The molecule has 2 rings (SSSR count). The average molecular weight is 323 g/mol. The molecule has 22 heavy (non-hydrogen) atoms. The van der Waals surface area contributed by atoms with Crippen LogP contribution in [0, 0.1) is 5.82 Å². The summed E-state index contributed by atoms with van der Waals surface area (Å²) in [5.74, 6) is -0.273. The first kappa shape index (κ1) is 16.2. The highest BCUT2D eigenvalue weighted by molar-refractivity contribution is 7.92. The first-order chi connectivity index (χ1) is 10.5. The lowest BCUT2D eigenvalue weighted by atomic mass is 10.3. The van der Waals surface area contributed by atoms with E-state index in [2.05, 4.69) is 21.9 Å². The third kappa shape index (κ3) is 4.42. The number of hydrogen-bond acceptors (Lipinski definition) is 4. The standard InChI is InChI=1S/C15H18FN3O2S/c1-2-3-10-17-13-6-9-15(18-11-13)19-22(20,21)14-7-4-12(16)5-8-14/h4-9,11,17H,2-3,10H2,1H3,(H,18,19). The maximum Gasteiger partial charge on any atom is 0.263 e. The largest absolute Gasteiger partial charge is 0.384 e. The summed E-state index contributed by atoms with van der Waals surface area (Å²) in [5, 5.41) is 3.19. The molecule has 0 spiro atoms. The maximum absolute atomic E-state index is 12.8. The van der Waals surface area contributed by atoms with E-state index < -0.39 is 15.8 Å². The van der Waals surface area contributed by atoms with E-state index in [4.69, 9.17) is 0 Å². The van der Waals surface area contributed by atoms with Gasteiger partial charge in [0.15, 0.2) is 0 Å². The predicted molar refractivity (Wildman–Crippen MR) is 84.8 cm³/mol. The number of halogens is 1. The maximum atomic E-state index is 12.8. The van der Waals surface area contributed by atoms with E-state index in [0.29, 0.717) is 0 Å². The summed E-state index contributed by atoms with van der Waals surface area (Å²) < 4.78 is 39.4. The van der Waals surface area contributed by atoms with Gasteiger partial charge in [-0.1, -0.05) is 13.3 Å². The van der Waals surface area contributed by atoms with Crippen LogP contribution in [0.4, 0.5) is 15.9 Å². The van der Waals surface area contributed by atoms with E-state index in [1.807, 2.05) is 0 Å². The van der Waals surface area contributed by atoms with Gasteiger partial charge in [0.05, 0.1) is 16.8 Å². The second-order valence-corrected chi connectivity index (χ2v) is 6.45. The molecule has 0 saturated carbocycles. The van der Waals surface area contributed by atoms with Crippen molar-refractivity contribution in [2.75, 3.05) is 16.6 Å². The fourth-order valence-electron chi connectivity index (χ4n) is 1.78. The van der Waals surface area contributed by atoms with Crippen LogP contribution in [0.25, 0.3) is 0 Å². The van der Waals surface area contributed by atoms with Crippen molar-refractivity contribution in [3.63, 3.8) is 0 Å². The summed E-state index contributed by atoms with van der Waals surface area (Å²) in [5.41, 5.74) is 0.832. The van der Waals surface area contributed by atoms with Crippen molar-refractivity contribution in [3.05, 3.63) is 48.4 Å². The first-order valence-electron chi connectivity index (χ1n) is 6.99. The van der Waals surface area contributed by atoms with Gasteiger partial charge >= 0.3 is 0 Å². The summed E-state index contributed by atoms with van der Waals surface area (Å²) in [7, 11) is -3.76. The van der Waals surface area contributed by atoms with E-state index in [0.717, 1.165) is 37.2 Å². The lowest BCUT2D eigenvalue weighted by Crippen LogP contribution is -2.14. The first-order valence-corrected chi connectivity index (χ1v) is 8.48. The Labute approximate surface area is 129 Å². The number of pyridine rings is 1. The minimum atomic E-state index is -3.76. The second kappa shape index (κ2) is 7.22. The third-order valence-corrected chi connectivity index (χ3v) is 4.36. The summed E-state index contributed by atoms with van der Waals surface area (Å²) in [6.45, 7) is 2.95. The number of rotatable bonds is 7. The Balaban J connectivity index is 2.05. The fourth-order valence-corrected chi connectivity index (χ4v) is 2.79. The fraction of sp³-hybridized carbons (Fsp3) is 0.267. The van der Waals surface area contributed by atoms with E-state index in [1.165, 1.54) is 12.1 Å². The van der Waals surface area contributed by atoms with Crippen molar-refractivity contribution in [1.82, 2.24) is 4.98 Å². The zero-order chi connectivity index (χ0) is 16.0. The van der Waals surface area contributed by atoms with Crippen LogP contribution in [-0.2, 0) is 10.0 Å². The van der Waals surface area contributed by atoms with E-state index in [-0.39, 0.29) is 10.7 Å². The zero-order valence-corrected chi connectivity index (χ0v) is 13.0. The number of benzene rings is 1. The van der Waals surface area contributed by atoms with Crippen molar-refractivity contribution < 1.29 is 12.8 Å². The molecule has 118 valence electrons. The Hall–Kier alpha value is -2.15. The van der Waals surface area contributed by atoms with Gasteiger partial charge in [0.25, 0.3) is 10.0 Å². The van der Waals surface area contributed by atoms with E-state index in [9.17, 15) is 12.8 Å². The highest BCUT2D eigenvalue weighted by Gasteiger charge is 2.14. The Bertz CT molecular complexity index is 701. The van der Waals surface area contributed by atoms with Gasteiger partial charge in [-0.05, 0) is 42.8 Å². The molecule has 1 aromatic carbocycles. The number of unbranched alkanes of at least 4 members (excludes halogenated alkanes) is 1. The SMILES string of the molecule is CCCCNc1ccc(NS(=O)(=O)c2ccc(F)cc2)nc1. The molecule has 2 aromatic rings. The molecule has 7 heteroatoms. The van der Waals surface area contributed by atoms with Crippen LogP contribution >= 0.6 is 0 Å². The van der Waals surface area contributed by atoms with Crippen molar-refractivity contribution in [2.45, 2.75) is 24.7 Å². The quantitative estimate of drug-likeness (QED) is 0.767. The van der Waals surface area contributed by atoms with Gasteiger partial charge in [0, 0.05) is 6.54 Å². The smallest absolute Gasteiger partial charge is 0.263 e. The number of hydrogen-bond donors (Lipinski definition) is 2.